The van der Waals surface area contributed by atoms with Crippen LogP contribution in [0.15, 0.2) is 85.7 Å². The number of anilines is 3. The largest absolute Gasteiger partial charge is 0.382 e. The number of likely N-dealkylation sites (tertiary alicyclic amines) is 1. The van der Waals surface area contributed by atoms with Gasteiger partial charge in [0.05, 0.1) is 16.7 Å². The zero-order valence-corrected chi connectivity index (χ0v) is 44.6. The number of halogens is 2. The summed E-state index contributed by atoms with van der Waals surface area (Å²) in [6.45, 7) is 18.7. The van der Waals surface area contributed by atoms with Crippen LogP contribution in [0.2, 0.25) is 0 Å². The second-order valence-corrected chi connectivity index (χ2v) is 20.4. The third-order valence-electron chi connectivity index (χ3n) is 14.6. The summed E-state index contributed by atoms with van der Waals surface area (Å²) in [6, 6.07) is 15.1. The van der Waals surface area contributed by atoms with Gasteiger partial charge in [-0.05, 0) is 119 Å². The molecule has 2 aromatic carbocycles. The SMILES string of the molecule is CC.CC(C)Nc1cncc(-c2cc(F)c3n[nH]c(-c4nc5c(N6CCN(C)CC6)nccc5[nH]4)c3c2)c1.CN1CCN(c2nccc3[nH]c(-c4[nH]nc5c(F)cc(-c6cncc(CN7CCCCC7)c6)cc45)nc23)CC1. The lowest BCUT2D eigenvalue weighted by Crippen LogP contribution is -2.44. The summed E-state index contributed by atoms with van der Waals surface area (Å²) >= 11 is 0. The summed E-state index contributed by atoms with van der Waals surface area (Å²) in [5.41, 5.74) is 10.5. The molecule has 77 heavy (non-hydrogen) atoms. The lowest BCUT2D eigenvalue weighted by Gasteiger charge is -2.33. The van der Waals surface area contributed by atoms with E-state index in [0.29, 0.717) is 39.3 Å². The molecule has 0 atom stereocenters. The van der Waals surface area contributed by atoms with Gasteiger partial charge in [0, 0.05) is 124 Å². The van der Waals surface area contributed by atoms with E-state index in [9.17, 15) is 0 Å². The van der Waals surface area contributed by atoms with E-state index in [2.05, 4.69) is 114 Å². The number of pyridine rings is 4. The van der Waals surface area contributed by atoms with E-state index in [1.165, 1.54) is 25.3 Å². The first-order valence-electron chi connectivity index (χ1n) is 26.9. The third kappa shape index (κ3) is 10.8. The van der Waals surface area contributed by atoms with Crippen molar-refractivity contribution in [3.05, 3.63) is 103 Å². The molecule has 5 N–H and O–H groups in total. The minimum Gasteiger partial charge on any atom is -0.382 e. The number of piperidine rings is 1. The van der Waals surface area contributed by atoms with Crippen molar-refractivity contribution in [2.45, 2.75) is 59.5 Å². The highest BCUT2D eigenvalue weighted by Crippen LogP contribution is 2.36. The van der Waals surface area contributed by atoms with Crippen LogP contribution >= 0.6 is 0 Å². The number of aromatic amines is 4. The monoisotopic (exact) mass is 1040 g/mol. The fraction of sp³-hybridized carbons (Fsp3) is 0.368. The maximum absolute atomic E-state index is 15.3. The predicted molar refractivity (Wildman–Crippen MR) is 303 cm³/mol. The molecule has 0 unspecified atom stereocenters. The summed E-state index contributed by atoms with van der Waals surface area (Å²) in [4.78, 5) is 46.4. The Morgan fingerprint density at radius 3 is 1.56 bits per heavy atom. The van der Waals surface area contributed by atoms with E-state index in [-0.39, 0.29) is 17.4 Å². The molecule has 20 heteroatoms. The Balaban J connectivity index is 0.000000159. The summed E-state index contributed by atoms with van der Waals surface area (Å²) in [5.74, 6) is 2.17. The van der Waals surface area contributed by atoms with Crippen LogP contribution in [0.4, 0.5) is 26.1 Å². The zero-order valence-electron chi connectivity index (χ0n) is 44.6. The normalized spacial score (nSPS) is 15.9. The van der Waals surface area contributed by atoms with Gasteiger partial charge in [-0.15, -0.1) is 0 Å². The van der Waals surface area contributed by atoms with E-state index in [1.807, 2.05) is 56.6 Å². The Kier molecular flexibility index (Phi) is 14.8. The highest BCUT2D eigenvalue weighted by molar-refractivity contribution is 5.99. The van der Waals surface area contributed by atoms with Gasteiger partial charge in [0.25, 0.3) is 0 Å². The van der Waals surface area contributed by atoms with Crippen LogP contribution in [-0.2, 0) is 6.54 Å². The molecule has 3 saturated heterocycles. The Morgan fingerprint density at radius 2 is 1.05 bits per heavy atom. The summed E-state index contributed by atoms with van der Waals surface area (Å²) < 4.78 is 30.5. The van der Waals surface area contributed by atoms with Crippen molar-refractivity contribution < 1.29 is 8.78 Å². The first-order valence-corrected chi connectivity index (χ1v) is 26.9. The maximum Gasteiger partial charge on any atom is 0.157 e. The number of aromatic nitrogens is 12. The summed E-state index contributed by atoms with van der Waals surface area (Å²) in [6.07, 6.45) is 14.6. The molecule has 11 heterocycles. The van der Waals surface area contributed by atoms with Crippen LogP contribution in [0.3, 0.4) is 0 Å². The molecule has 3 fully saturated rings. The third-order valence-corrected chi connectivity index (χ3v) is 14.6. The Labute approximate surface area is 445 Å². The smallest absolute Gasteiger partial charge is 0.157 e. The molecule has 0 spiro atoms. The summed E-state index contributed by atoms with van der Waals surface area (Å²) in [7, 11) is 4.26. The Hall–Kier alpha value is -7.94. The standard InChI is InChI=1S/C29H32FN9.C26H28FN9.C2H6/c1-37-9-11-39(12-10-37)29-27-24(5-6-32-29)33-28(34-27)26-22-14-20(15-23(30)25(22)35-36-26)21-13-19(16-31-17-21)18-38-7-3-2-4-8-38;1-15(2)30-18-10-17(13-28-14-18)16-11-19-22(20(27)12-16)33-34-23(19)25-31-21-4-5-29-26(24(21)32-25)36-8-6-35(3)7-9-36;1-2/h5-6,13-17H,2-4,7-12,18H2,1H3,(H,33,34)(H,35,36);4-5,10-15,30H,6-9H2,1-3H3,(H,31,32)(H,33,34);1-2H3. The first-order chi connectivity index (χ1) is 37.6. The molecule has 13 rings (SSSR count). The number of rotatable bonds is 10. The number of likely N-dealkylation sites (N-methyl/N-ethyl adjacent to an activating group) is 2. The highest BCUT2D eigenvalue weighted by atomic mass is 19.1. The molecular formula is C57H66F2N18. The second-order valence-electron chi connectivity index (χ2n) is 20.4. The molecule has 3 aliphatic heterocycles. The molecule has 18 nitrogen and oxygen atoms in total. The van der Waals surface area contributed by atoms with E-state index in [4.69, 9.17) is 9.97 Å². The number of nitrogens with one attached hydrogen (secondary N) is 5. The number of fused-ring (bicyclic) bond motifs is 4. The summed E-state index contributed by atoms with van der Waals surface area (Å²) in [5, 5.41) is 19.3. The van der Waals surface area contributed by atoms with E-state index >= 15 is 8.78 Å². The van der Waals surface area contributed by atoms with Gasteiger partial charge >= 0.3 is 0 Å². The Bertz CT molecular complexity index is 3650. The van der Waals surface area contributed by atoms with E-state index < -0.39 is 5.82 Å². The van der Waals surface area contributed by atoms with Crippen molar-refractivity contribution in [2.24, 2.45) is 0 Å². The van der Waals surface area contributed by atoms with Crippen molar-refractivity contribution in [1.29, 1.82) is 0 Å². The van der Waals surface area contributed by atoms with Crippen molar-refractivity contribution >= 4 is 61.2 Å². The van der Waals surface area contributed by atoms with Gasteiger partial charge in [0.2, 0.25) is 0 Å². The maximum atomic E-state index is 15.3. The molecule has 398 valence electrons. The van der Waals surface area contributed by atoms with Crippen molar-refractivity contribution in [1.82, 2.24) is 75.0 Å². The van der Waals surface area contributed by atoms with Gasteiger partial charge in [0.1, 0.15) is 33.5 Å². The molecule has 0 saturated carbocycles. The fourth-order valence-corrected chi connectivity index (χ4v) is 10.5. The number of piperazine rings is 2. The second kappa shape index (κ2) is 22.3. The van der Waals surface area contributed by atoms with Crippen LogP contribution in [0.1, 0.15) is 52.5 Å². The molecule has 0 amide bonds. The quantitative estimate of drug-likeness (QED) is 0.0869. The highest BCUT2D eigenvalue weighted by Gasteiger charge is 2.24. The lowest BCUT2D eigenvalue weighted by atomic mass is 10.0. The minimum atomic E-state index is -0.400. The fourth-order valence-electron chi connectivity index (χ4n) is 10.5. The molecular weight excluding hydrogens is 975 g/mol. The number of imidazole rings is 2. The van der Waals surface area contributed by atoms with Gasteiger partial charge in [-0.3, -0.25) is 25.1 Å². The topological polar surface area (TPSA) is 195 Å². The number of hydrogen-bond donors (Lipinski definition) is 5. The van der Waals surface area contributed by atoms with Crippen LogP contribution in [0, 0.1) is 11.6 Å². The molecule has 0 aliphatic carbocycles. The zero-order chi connectivity index (χ0) is 53.2. The molecule has 10 aromatic rings. The van der Waals surface area contributed by atoms with Gasteiger partial charge in [-0.2, -0.15) is 10.2 Å². The molecule has 3 aliphatic rings. The number of H-pyrrole nitrogens is 4. The number of hydrogen-bond acceptors (Lipinski definition) is 14. The van der Waals surface area contributed by atoms with Gasteiger partial charge in [-0.25, -0.2) is 28.7 Å². The first kappa shape index (κ1) is 51.2. The van der Waals surface area contributed by atoms with E-state index in [1.54, 1.807) is 30.9 Å². The van der Waals surface area contributed by atoms with Crippen LogP contribution in [0.5, 0.6) is 0 Å². The number of benzene rings is 2. The van der Waals surface area contributed by atoms with Gasteiger partial charge < -0.3 is 34.9 Å². The lowest BCUT2D eigenvalue weighted by molar-refractivity contribution is 0.220. The van der Waals surface area contributed by atoms with Crippen molar-refractivity contribution in [3.63, 3.8) is 0 Å². The van der Waals surface area contributed by atoms with Gasteiger partial charge in [-0.1, -0.05) is 20.3 Å². The predicted octanol–water partition coefficient (Wildman–Crippen LogP) is 9.74. The minimum absolute atomic E-state index is 0.264. The van der Waals surface area contributed by atoms with Crippen LogP contribution in [0.25, 0.3) is 89.2 Å². The molecule has 8 aromatic heterocycles. The van der Waals surface area contributed by atoms with Crippen molar-refractivity contribution in [3.8, 4) is 45.3 Å². The van der Waals surface area contributed by atoms with Crippen LogP contribution in [-0.4, -0.2) is 161 Å². The number of nitrogens with zero attached hydrogens (tertiary/aromatic N) is 13. The van der Waals surface area contributed by atoms with E-state index in [0.717, 1.165) is 139 Å². The van der Waals surface area contributed by atoms with Crippen molar-refractivity contribution in [2.75, 3.05) is 94.7 Å². The average molecular weight is 1040 g/mol. The Morgan fingerprint density at radius 1 is 0.558 bits per heavy atom. The van der Waals surface area contributed by atoms with Crippen LogP contribution < -0.4 is 15.1 Å². The molecule has 0 radical (unpaired) electrons. The van der Waals surface area contributed by atoms with Gasteiger partial charge in [0.15, 0.2) is 34.9 Å². The molecule has 0 bridgehead atoms. The average Bonchev–Trinajstić information content (AvgIpc) is 4.37.